The van der Waals surface area contributed by atoms with Crippen LogP contribution in [0.15, 0.2) is 30.3 Å². The van der Waals surface area contributed by atoms with Crippen molar-refractivity contribution in [2.24, 2.45) is 0 Å². The number of nitrogen functional groups attached to an aromatic ring is 1. The van der Waals surface area contributed by atoms with Crippen LogP contribution in [0.5, 0.6) is 0 Å². The number of rotatable bonds is 3. The quantitative estimate of drug-likeness (QED) is 0.449. The van der Waals surface area contributed by atoms with Crippen molar-refractivity contribution < 1.29 is 27.2 Å². The number of ketones is 1. The number of carbonyl (C=O) groups is 2. The zero-order valence-electron chi connectivity index (χ0n) is 12.0. The fraction of sp³-hybridized carbons (Fsp3) is 0.0667. The molecule has 2 aromatic carbocycles. The monoisotopic (exact) mass is 394 g/mol. The van der Waals surface area contributed by atoms with Crippen LogP contribution in [-0.4, -0.2) is 17.9 Å². The average molecular weight is 395 g/mol. The maximum atomic E-state index is 13.8. The normalized spacial score (nSPS) is 11.3. The minimum Gasteiger partial charge on any atom is -0.396 e. The Morgan fingerprint density at radius 2 is 1.64 bits per heavy atom. The summed E-state index contributed by atoms with van der Waals surface area (Å²) < 4.78 is 51.2. The van der Waals surface area contributed by atoms with E-state index in [0.29, 0.717) is 12.1 Å². The summed E-state index contributed by atoms with van der Waals surface area (Å²) in [5.74, 6) is -4.09. The topological polar surface area (TPSA) is 72.2 Å². The highest BCUT2D eigenvalue weighted by Gasteiger charge is 2.39. The van der Waals surface area contributed by atoms with Crippen molar-refractivity contribution in [1.29, 1.82) is 0 Å². The van der Waals surface area contributed by atoms with E-state index in [0.717, 1.165) is 6.07 Å². The molecule has 2 rings (SSSR count). The van der Waals surface area contributed by atoms with Crippen molar-refractivity contribution in [3.63, 3.8) is 0 Å². The molecule has 132 valence electrons. The first-order chi connectivity index (χ1) is 11.5. The van der Waals surface area contributed by atoms with Crippen LogP contribution >= 0.6 is 23.2 Å². The Bertz CT molecular complexity index is 846. The van der Waals surface area contributed by atoms with Crippen molar-refractivity contribution in [1.82, 2.24) is 0 Å². The Labute approximate surface area is 148 Å². The van der Waals surface area contributed by atoms with E-state index < -0.39 is 44.9 Å². The molecule has 0 heterocycles. The van der Waals surface area contributed by atoms with Gasteiger partial charge in [0, 0.05) is 5.56 Å². The van der Waals surface area contributed by atoms with E-state index >= 15 is 0 Å². The lowest BCUT2D eigenvalue weighted by Crippen LogP contribution is -2.23. The summed E-state index contributed by atoms with van der Waals surface area (Å²) in [6, 6.07) is 5.12. The van der Waals surface area contributed by atoms with Crippen LogP contribution < -0.4 is 11.1 Å². The Morgan fingerprint density at radius 1 is 1.08 bits per heavy atom. The molecular formula is C15H8Cl2F4N2O2. The summed E-state index contributed by atoms with van der Waals surface area (Å²) in [6.45, 7) is 0. The molecule has 0 unspecified atom stereocenters. The highest BCUT2D eigenvalue weighted by Crippen LogP contribution is 2.34. The van der Waals surface area contributed by atoms with Gasteiger partial charge in [-0.2, -0.15) is 13.2 Å². The zero-order valence-corrected chi connectivity index (χ0v) is 13.6. The first kappa shape index (κ1) is 19.0. The van der Waals surface area contributed by atoms with E-state index in [9.17, 15) is 27.2 Å². The Hall–Kier alpha value is -2.32. The first-order valence-electron chi connectivity index (χ1n) is 6.48. The molecule has 0 radical (unpaired) electrons. The number of nitrogens with two attached hydrogens (primary N) is 1. The van der Waals surface area contributed by atoms with Crippen LogP contribution in [0.3, 0.4) is 0 Å². The number of carbonyl (C=O) groups excluding carboxylic acids is 2. The number of benzene rings is 2. The SMILES string of the molecule is Nc1cccc(C(=O)Nc2c(Cl)cc(C(=O)C(F)(F)F)cc2Cl)c1F. The van der Waals surface area contributed by atoms with E-state index in [1.54, 1.807) is 0 Å². The zero-order chi connectivity index (χ0) is 18.9. The molecule has 0 aromatic heterocycles. The molecule has 0 atom stereocenters. The molecule has 2 aromatic rings. The van der Waals surface area contributed by atoms with Gasteiger partial charge in [0.15, 0.2) is 5.82 Å². The minimum absolute atomic E-state index is 0.268. The molecule has 0 aliphatic carbocycles. The molecule has 3 N–H and O–H groups in total. The van der Waals surface area contributed by atoms with Crippen molar-refractivity contribution in [3.05, 3.63) is 57.3 Å². The van der Waals surface area contributed by atoms with Crippen molar-refractivity contribution >= 4 is 46.3 Å². The summed E-state index contributed by atoms with van der Waals surface area (Å²) in [5.41, 5.74) is 3.61. The number of hydrogen-bond donors (Lipinski definition) is 2. The van der Waals surface area contributed by atoms with Gasteiger partial charge in [0.05, 0.1) is 27.0 Å². The molecule has 0 saturated carbocycles. The third-order valence-corrected chi connectivity index (χ3v) is 3.67. The lowest BCUT2D eigenvalue weighted by atomic mass is 10.1. The van der Waals surface area contributed by atoms with Crippen LogP contribution in [0.25, 0.3) is 0 Å². The second-order valence-electron chi connectivity index (χ2n) is 4.80. The van der Waals surface area contributed by atoms with Gasteiger partial charge in [-0.1, -0.05) is 29.3 Å². The Balaban J connectivity index is 2.36. The van der Waals surface area contributed by atoms with Crippen LogP contribution in [0, 0.1) is 5.82 Å². The predicted octanol–water partition coefficient (Wildman–Crippen LogP) is 4.71. The number of anilines is 2. The van der Waals surface area contributed by atoms with Crippen LogP contribution in [0.4, 0.5) is 28.9 Å². The molecule has 4 nitrogen and oxygen atoms in total. The van der Waals surface area contributed by atoms with Crippen LogP contribution in [0.2, 0.25) is 10.0 Å². The number of hydrogen-bond acceptors (Lipinski definition) is 3. The fourth-order valence-corrected chi connectivity index (χ4v) is 2.47. The summed E-state index contributed by atoms with van der Waals surface area (Å²) in [7, 11) is 0. The van der Waals surface area contributed by atoms with Gasteiger partial charge >= 0.3 is 6.18 Å². The molecule has 25 heavy (non-hydrogen) atoms. The van der Waals surface area contributed by atoms with E-state index in [4.69, 9.17) is 28.9 Å². The number of alkyl halides is 3. The van der Waals surface area contributed by atoms with Crippen molar-refractivity contribution in [3.8, 4) is 0 Å². The summed E-state index contributed by atoms with van der Waals surface area (Å²) >= 11 is 11.6. The molecule has 0 fully saturated rings. The van der Waals surface area contributed by atoms with Crippen molar-refractivity contribution in [2.75, 3.05) is 11.1 Å². The van der Waals surface area contributed by atoms with E-state index in [1.165, 1.54) is 12.1 Å². The fourth-order valence-electron chi connectivity index (χ4n) is 1.89. The summed E-state index contributed by atoms with van der Waals surface area (Å²) in [6.07, 6.45) is -5.11. The Morgan fingerprint density at radius 3 is 2.16 bits per heavy atom. The second-order valence-corrected chi connectivity index (χ2v) is 5.62. The number of halogens is 6. The maximum absolute atomic E-state index is 13.8. The second kappa shape index (κ2) is 6.89. The van der Waals surface area contributed by atoms with Gasteiger partial charge in [-0.15, -0.1) is 0 Å². The van der Waals surface area contributed by atoms with Crippen molar-refractivity contribution in [2.45, 2.75) is 6.18 Å². The van der Waals surface area contributed by atoms with Crippen LogP contribution in [0.1, 0.15) is 20.7 Å². The molecule has 0 spiro atoms. The average Bonchev–Trinajstić information content (AvgIpc) is 2.51. The molecular weight excluding hydrogens is 387 g/mol. The van der Waals surface area contributed by atoms with Gasteiger partial charge in [0.2, 0.25) is 0 Å². The lowest BCUT2D eigenvalue weighted by molar-refractivity contribution is -0.0885. The Kier molecular flexibility index (Phi) is 5.24. The van der Waals surface area contributed by atoms with Gasteiger partial charge in [0.1, 0.15) is 0 Å². The van der Waals surface area contributed by atoms with Gasteiger partial charge in [-0.3, -0.25) is 9.59 Å². The molecule has 0 aliphatic rings. The molecule has 0 aliphatic heterocycles. The van der Waals surface area contributed by atoms with Gasteiger partial charge in [-0.05, 0) is 24.3 Å². The lowest BCUT2D eigenvalue weighted by Gasteiger charge is -2.13. The van der Waals surface area contributed by atoms with Crippen LogP contribution in [-0.2, 0) is 0 Å². The third kappa shape index (κ3) is 4.02. The standard InChI is InChI=1S/C15H8Cl2F4N2O2/c16-8-4-6(13(24)15(19,20)21)5-9(17)12(8)23-14(25)7-2-1-3-10(22)11(7)18/h1-5H,22H2,(H,23,25). The van der Waals surface area contributed by atoms with Gasteiger partial charge in [0.25, 0.3) is 11.7 Å². The molecule has 1 amide bonds. The summed E-state index contributed by atoms with van der Waals surface area (Å²) in [5, 5.41) is 1.34. The molecule has 0 bridgehead atoms. The van der Waals surface area contributed by atoms with E-state index in [2.05, 4.69) is 5.32 Å². The molecule has 10 heteroatoms. The van der Waals surface area contributed by atoms with E-state index in [1.807, 2.05) is 0 Å². The first-order valence-corrected chi connectivity index (χ1v) is 7.24. The summed E-state index contributed by atoms with van der Waals surface area (Å²) in [4.78, 5) is 23.3. The largest absolute Gasteiger partial charge is 0.454 e. The third-order valence-electron chi connectivity index (χ3n) is 3.07. The highest BCUT2D eigenvalue weighted by atomic mass is 35.5. The minimum atomic E-state index is -5.11. The smallest absolute Gasteiger partial charge is 0.396 e. The van der Waals surface area contributed by atoms with Gasteiger partial charge < -0.3 is 11.1 Å². The number of Topliss-reactive ketones (excluding diaryl/α,β-unsaturated/α-hetero) is 1. The van der Waals surface area contributed by atoms with E-state index in [-0.39, 0.29) is 11.4 Å². The van der Waals surface area contributed by atoms with Gasteiger partial charge in [-0.25, -0.2) is 4.39 Å². The number of amides is 1. The number of nitrogens with one attached hydrogen (secondary N) is 1. The molecule has 0 saturated heterocycles. The highest BCUT2D eigenvalue weighted by molar-refractivity contribution is 6.40. The predicted molar refractivity (Wildman–Crippen MR) is 85.6 cm³/mol. The maximum Gasteiger partial charge on any atom is 0.454 e.